The fourth-order valence-corrected chi connectivity index (χ4v) is 4.16. The number of hydrogen-bond acceptors (Lipinski definition) is 8. The number of methoxy groups -OCH3 is 1. The molecule has 2 N–H and O–H groups in total. The highest BCUT2D eigenvalue weighted by Gasteiger charge is 2.44. The van der Waals surface area contributed by atoms with Crippen molar-refractivity contribution < 1.29 is 9.53 Å². The van der Waals surface area contributed by atoms with Gasteiger partial charge in [-0.05, 0) is 44.2 Å². The van der Waals surface area contributed by atoms with Gasteiger partial charge in [-0.1, -0.05) is 0 Å². The molecule has 2 aromatic heterocycles. The molecule has 1 atom stereocenters. The molecule has 26 heavy (non-hydrogen) atoms. The fraction of sp³-hybridized carbons (Fsp3) is 0.500. The summed E-state index contributed by atoms with van der Waals surface area (Å²) in [5.74, 6) is 0.442. The summed E-state index contributed by atoms with van der Waals surface area (Å²) in [6, 6.07) is 1.65. The minimum atomic E-state index is -0.449. The van der Waals surface area contributed by atoms with Gasteiger partial charge in [-0.2, -0.15) is 0 Å². The number of nitrogen functional groups attached to an aromatic ring is 1. The molecule has 3 heterocycles. The average Bonchev–Trinajstić information content (AvgIpc) is 2.98. The van der Waals surface area contributed by atoms with Gasteiger partial charge in [0, 0.05) is 30.4 Å². The van der Waals surface area contributed by atoms with E-state index in [-0.39, 0.29) is 11.1 Å². The van der Waals surface area contributed by atoms with Gasteiger partial charge in [0.25, 0.3) is 0 Å². The van der Waals surface area contributed by atoms with Crippen molar-refractivity contribution in [1.29, 1.82) is 0 Å². The maximum atomic E-state index is 11.9. The predicted molar refractivity (Wildman–Crippen MR) is 96.0 cm³/mol. The molecule has 8 heteroatoms. The van der Waals surface area contributed by atoms with Crippen LogP contribution in [0.3, 0.4) is 0 Å². The summed E-state index contributed by atoms with van der Waals surface area (Å²) in [6.07, 6.45) is 5.90. The lowest BCUT2D eigenvalue weighted by Crippen LogP contribution is -2.46. The van der Waals surface area contributed by atoms with E-state index in [0.29, 0.717) is 11.9 Å². The number of esters is 1. The van der Waals surface area contributed by atoms with Crippen molar-refractivity contribution in [3.05, 3.63) is 34.9 Å². The van der Waals surface area contributed by atoms with Crippen molar-refractivity contribution >= 4 is 17.9 Å². The van der Waals surface area contributed by atoms with E-state index in [4.69, 9.17) is 10.5 Å². The third kappa shape index (κ3) is 2.75. The van der Waals surface area contributed by atoms with E-state index in [1.165, 1.54) is 12.7 Å². The Bertz CT molecular complexity index is 867. The lowest BCUT2D eigenvalue weighted by molar-refractivity contribution is 0.0593. The lowest BCUT2D eigenvalue weighted by Gasteiger charge is -2.40. The highest BCUT2D eigenvalue weighted by Crippen LogP contribution is 2.44. The first-order valence-corrected chi connectivity index (χ1v) is 8.81. The molecular weight excluding hydrogens is 332 g/mol. The number of carbonyl (C=O) groups is 1. The van der Waals surface area contributed by atoms with Gasteiger partial charge in [-0.3, -0.25) is 0 Å². The number of fused-ring (bicyclic) bond motifs is 2. The van der Waals surface area contributed by atoms with E-state index in [9.17, 15) is 4.79 Å². The van der Waals surface area contributed by atoms with Crippen LogP contribution in [0.1, 0.15) is 46.7 Å². The smallest absolute Gasteiger partial charge is 0.356 e. The largest absolute Gasteiger partial charge is 0.464 e. The van der Waals surface area contributed by atoms with E-state index < -0.39 is 5.97 Å². The first-order valence-electron chi connectivity index (χ1n) is 8.81. The summed E-state index contributed by atoms with van der Waals surface area (Å²) < 4.78 is 4.81. The van der Waals surface area contributed by atoms with Crippen LogP contribution < -0.4 is 10.6 Å². The molecule has 2 aromatic rings. The van der Waals surface area contributed by atoms with Crippen molar-refractivity contribution in [3.8, 4) is 0 Å². The standard InChI is InChI=1S/C18H22N6O2/c1-11-8-13(15(25)26-2)22-17(21-11)24-7-3-5-18(10-24)6-4-12-9-20-16(19)23-14(12)18/h8-9H,3-7,10H2,1-2H3,(H2,19,20,23). The number of hydrogen-bond donors (Lipinski definition) is 1. The van der Waals surface area contributed by atoms with Crippen molar-refractivity contribution in [3.63, 3.8) is 0 Å². The summed E-state index contributed by atoms with van der Waals surface area (Å²) in [5, 5.41) is 0. The summed E-state index contributed by atoms with van der Waals surface area (Å²) in [5.41, 5.74) is 9.07. The molecule has 1 aliphatic carbocycles. The minimum absolute atomic E-state index is 0.0524. The van der Waals surface area contributed by atoms with E-state index in [0.717, 1.165) is 50.2 Å². The number of nitrogens with zero attached hydrogens (tertiary/aromatic N) is 5. The van der Waals surface area contributed by atoms with Crippen molar-refractivity contribution in [2.45, 2.75) is 38.0 Å². The maximum Gasteiger partial charge on any atom is 0.356 e. The lowest BCUT2D eigenvalue weighted by atomic mass is 9.77. The topological polar surface area (TPSA) is 107 Å². The van der Waals surface area contributed by atoms with Gasteiger partial charge >= 0.3 is 5.97 Å². The molecule has 2 aliphatic rings. The molecule has 0 bridgehead atoms. The molecule has 1 unspecified atom stereocenters. The zero-order valence-corrected chi connectivity index (χ0v) is 15.0. The van der Waals surface area contributed by atoms with Crippen LogP contribution in [0.2, 0.25) is 0 Å². The number of piperidine rings is 1. The quantitative estimate of drug-likeness (QED) is 0.807. The first-order chi connectivity index (χ1) is 12.5. The van der Waals surface area contributed by atoms with Gasteiger partial charge in [-0.25, -0.2) is 24.7 Å². The Kier molecular flexibility index (Phi) is 3.97. The molecule has 8 nitrogen and oxygen atoms in total. The average molecular weight is 354 g/mol. The van der Waals surface area contributed by atoms with Gasteiger partial charge in [0.15, 0.2) is 5.69 Å². The van der Waals surface area contributed by atoms with Crippen LogP contribution in [0.15, 0.2) is 12.3 Å². The van der Waals surface area contributed by atoms with E-state index in [2.05, 4.69) is 24.8 Å². The second-order valence-electron chi connectivity index (χ2n) is 7.09. The fourth-order valence-electron chi connectivity index (χ4n) is 4.16. The number of rotatable bonds is 2. The number of carbonyl (C=O) groups excluding carboxylic acids is 1. The summed E-state index contributed by atoms with van der Waals surface area (Å²) in [4.78, 5) is 31.7. The summed E-state index contributed by atoms with van der Waals surface area (Å²) in [6.45, 7) is 3.47. The summed E-state index contributed by atoms with van der Waals surface area (Å²) >= 11 is 0. The van der Waals surface area contributed by atoms with Gasteiger partial charge in [-0.15, -0.1) is 0 Å². The Morgan fingerprint density at radius 3 is 2.96 bits per heavy atom. The highest BCUT2D eigenvalue weighted by molar-refractivity contribution is 5.87. The molecule has 1 spiro atoms. The Balaban J connectivity index is 1.68. The number of ether oxygens (including phenoxy) is 1. The third-order valence-corrected chi connectivity index (χ3v) is 5.36. The van der Waals surface area contributed by atoms with Gasteiger partial charge in [0.05, 0.1) is 12.8 Å². The SMILES string of the molecule is COC(=O)c1cc(C)nc(N2CCCC3(CCc4cnc(N)nc43)C2)n1. The number of nitrogens with two attached hydrogens (primary N) is 1. The van der Waals surface area contributed by atoms with Crippen LogP contribution in [-0.2, 0) is 16.6 Å². The Morgan fingerprint density at radius 1 is 1.31 bits per heavy atom. The molecule has 1 fully saturated rings. The molecule has 136 valence electrons. The molecule has 0 aromatic carbocycles. The zero-order valence-electron chi connectivity index (χ0n) is 15.0. The van der Waals surface area contributed by atoms with Crippen molar-refractivity contribution in [2.24, 2.45) is 0 Å². The predicted octanol–water partition coefficient (Wildman–Crippen LogP) is 1.43. The van der Waals surface area contributed by atoms with Crippen molar-refractivity contribution in [2.75, 3.05) is 30.8 Å². The first kappa shape index (κ1) is 16.7. The molecule has 1 saturated heterocycles. The Labute approximate surface area is 151 Å². The highest BCUT2D eigenvalue weighted by atomic mass is 16.5. The molecule has 0 saturated carbocycles. The van der Waals surface area contributed by atoms with Crippen LogP contribution >= 0.6 is 0 Å². The maximum absolute atomic E-state index is 11.9. The summed E-state index contributed by atoms with van der Waals surface area (Å²) in [7, 11) is 1.36. The second kappa shape index (κ2) is 6.19. The minimum Gasteiger partial charge on any atom is -0.464 e. The van der Waals surface area contributed by atoms with Gasteiger partial charge in [0.2, 0.25) is 11.9 Å². The molecule has 0 amide bonds. The monoisotopic (exact) mass is 354 g/mol. The van der Waals surface area contributed by atoms with E-state index in [1.807, 2.05) is 13.1 Å². The molecule has 0 radical (unpaired) electrons. The van der Waals surface area contributed by atoms with E-state index in [1.54, 1.807) is 6.07 Å². The zero-order chi connectivity index (χ0) is 18.3. The van der Waals surface area contributed by atoms with Crippen LogP contribution in [0, 0.1) is 6.92 Å². The number of aromatic nitrogens is 4. The Morgan fingerprint density at radius 2 is 2.15 bits per heavy atom. The molecular formula is C18H22N6O2. The molecule has 1 aliphatic heterocycles. The normalized spacial score (nSPS) is 21.7. The Hall–Kier alpha value is -2.77. The van der Waals surface area contributed by atoms with Gasteiger partial charge in [0.1, 0.15) is 0 Å². The van der Waals surface area contributed by atoms with E-state index >= 15 is 0 Å². The van der Waals surface area contributed by atoms with Crippen LogP contribution in [0.5, 0.6) is 0 Å². The van der Waals surface area contributed by atoms with Gasteiger partial charge < -0.3 is 15.4 Å². The van der Waals surface area contributed by atoms with Crippen molar-refractivity contribution in [1.82, 2.24) is 19.9 Å². The number of aryl methyl sites for hydroxylation is 2. The third-order valence-electron chi connectivity index (χ3n) is 5.36. The van der Waals surface area contributed by atoms with Crippen LogP contribution in [-0.4, -0.2) is 46.1 Å². The van der Waals surface area contributed by atoms with Crippen LogP contribution in [0.25, 0.3) is 0 Å². The molecule has 4 rings (SSSR count). The van der Waals surface area contributed by atoms with Crippen LogP contribution in [0.4, 0.5) is 11.9 Å². The number of anilines is 2. The second-order valence-corrected chi connectivity index (χ2v) is 7.09.